The monoisotopic (exact) mass is 484 g/mol. The van der Waals surface area contributed by atoms with Crippen LogP contribution in [0.1, 0.15) is 18.7 Å². The van der Waals surface area contributed by atoms with Crippen LogP contribution in [-0.2, 0) is 11.0 Å². The molecule has 9 nitrogen and oxygen atoms in total. The highest BCUT2D eigenvalue weighted by molar-refractivity contribution is 6.32. The van der Waals surface area contributed by atoms with E-state index in [9.17, 15) is 18.0 Å². The average molecular weight is 485 g/mol. The SMILES string of the molecule is COc1cc(OC)c(NC(=O)C2CCN(c3ccc4nnc(C(F)(F)F)n4n3)CC2)cc1Cl. The Morgan fingerprint density at radius 3 is 2.45 bits per heavy atom. The molecule has 0 aliphatic carbocycles. The topological polar surface area (TPSA) is 93.9 Å². The lowest BCUT2D eigenvalue weighted by Crippen LogP contribution is -2.38. The molecule has 13 heteroatoms. The second-order valence-electron chi connectivity index (χ2n) is 7.42. The van der Waals surface area contributed by atoms with E-state index < -0.39 is 12.0 Å². The van der Waals surface area contributed by atoms with E-state index in [1.165, 1.54) is 20.3 Å². The number of rotatable bonds is 5. The fraction of sp³-hybridized carbons (Fsp3) is 0.400. The van der Waals surface area contributed by atoms with Crippen molar-refractivity contribution in [3.05, 3.63) is 35.1 Å². The van der Waals surface area contributed by atoms with Gasteiger partial charge in [0, 0.05) is 25.1 Å². The lowest BCUT2D eigenvalue weighted by atomic mass is 9.95. The number of fused-ring (bicyclic) bond motifs is 1. The molecule has 1 amide bonds. The first kappa shape index (κ1) is 22.9. The summed E-state index contributed by atoms with van der Waals surface area (Å²) in [5.41, 5.74) is 0.433. The second kappa shape index (κ2) is 8.93. The molecule has 3 aromatic rings. The number of methoxy groups -OCH3 is 2. The van der Waals surface area contributed by atoms with Gasteiger partial charge in [-0.2, -0.15) is 17.7 Å². The van der Waals surface area contributed by atoms with Gasteiger partial charge in [-0.1, -0.05) is 11.6 Å². The number of hydrogen-bond acceptors (Lipinski definition) is 7. The fourth-order valence-electron chi connectivity index (χ4n) is 3.69. The zero-order valence-electron chi connectivity index (χ0n) is 17.7. The number of nitrogens with one attached hydrogen (secondary N) is 1. The molecule has 1 aliphatic rings. The number of piperidine rings is 1. The van der Waals surface area contributed by atoms with Gasteiger partial charge < -0.3 is 19.7 Å². The standard InChI is InChI=1S/C20H20ClF3N6O3/c1-32-14-10-15(33-2)13(9-12(14)21)25-18(31)11-5-7-29(8-6-11)17-4-3-16-26-27-19(20(22,23)24)30(16)28-17/h3-4,9-11H,5-8H2,1-2H3,(H,25,31). The van der Waals surface area contributed by atoms with E-state index in [4.69, 9.17) is 21.1 Å². The van der Waals surface area contributed by atoms with E-state index in [0.717, 1.165) is 0 Å². The molecule has 0 bridgehead atoms. The first-order valence-electron chi connectivity index (χ1n) is 9.98. The fourth-order valence-corrected chi connectivity index (χ4v) is 3.93. The number of amides is 1. The van der Waals surface area contributed by atoms with Gasteiger partial charge in [0.2, 0.25) is 5.91 Å². The summed E-state index contributed by atoms with van der Waals surface area (Å²) < 4.78 is 50.5. The molecule has 176 valence electrons. The summed E-state index contributed by atoms with van der Waals surface area (Å²) in [6.45, 7) is 0.890. The predicted molar refractivity (Wildman–Crippen MR) is 114 cm³/mol. The molecule has 0 radical (unpaired) electrons. The van der Waals surface area contributed by atoms with Crippen LogP contribution in [0.3, 0.4) is 0 Å². The van der Waals surface area contributed by atoms with Crippen LogP contribution < -0.4 is 19.7 Å². The Kier molecular flexibility index (Phi) is 6.19. The van der Waals surface area contributed by atoms with Crippen molar-refractivity contribution in [1.82, 2.24) is 19.8 Å². The minimum atomic E-state index is -4.67. The Morgan fingerprint density at radius 1 is 1.12 bits per heavy atom. The highest BCUT2D eigenvalue weighted by Gasteiger charge is 2.38. The van der Waals surface area contributed by atoms with Crippen LogP contribution in [-0.4, -0.2) is 53.0 Å². The van der Waals surface area contributed by atoms with Gasteiger partial charge in [-0.3, -0.25) is 4.79 Å². The van der Waals surface area contributed by atoms with Gasteiger partial charge in [0.25, 0.3) is 5.82 Å². The number of alkyl halides is 3. The summed E-state index contributed by atoms with van der Waals surface area (Å²) in [4.78, 5) is 14.6. The van der Waals surface area contributed by atoms with E-state index in [1.807, 2.05) is 4.90 Å². The van der Waals surface area contributed by atoms with E-state index in [2.05, 4.69) is 20.6 Å². The Bertz CT molecular complexity index is 1180. The molecule has 2 aromatic heterocycles. The summed E-state index contributed by atoms with van der Waals surface area (Å²) in [5, 5.41) is 13.9. The third-order valence-electron chi connectivity index (χ3n) is 5.42. The van der Waals surface area contributed by atoms with Crippen LogP contribution >= 0.6 is 11.6 Å². The molecule has 0 unspecified atom stereocenters. The van der Waals surface area contributed by atoms with Crippen molar-refractivity contribution >= 4 is 34.7 Å². The third-order valence-corrected chi connectivity index (χ3v) is 5.72. The van der Waals surface area contributed by atoms with E-state index in [-0.39, 0.29) is 17.5 Å². The van der Waals surface area contributed by atoms with Gasteiger partial charge in [0.15, 0.2) is 5.65 Å². The van der Waals surface area contributed by atoms with Gasteiger partial charge in [-0.25, -0.2) is 0 Å². The summed E-state index contributed by atoms with van der Waals surface area (Å²) in [6.07, 6.45) is -3.68. The summed E-state index contributed by atoms with van der Waals surface area (Å²) in [5.74, 6) is -0.483. The smallest absolute Gasteiger partial charge is 0.453 e. The predicted octanol–water partition coefficient (Wildman–Crippen LogP) is 3.67. The van der Waals surface area contributed by atoms with Crippen molar-refractivity contribution in [2.24, 2.45) is 5.92 Å². The first-order valence-corrected chi connectivity index (χ1v) is 10.4. The van der Waals surface area contributed by atoms with Crippen LogP contribution in [0.4, 0.5) is 24.7 Å². The quantitative estimate of drug-likeness (QED) is 0.590. The Balaban J connectivity index is 1.44. The number of carbonyl (C=O) groups is 1. The average Bonchev–Trinajstić information content (AvgIpc) is 3.23. The lowest BCUT2D eigenvalue weighted by molar-refractivity contribution is -0.146. The van der Waals surface area contributed by atoms with Crippen LogP contribution in [0.25, 0.3) is 5.65 Å². The summed E-state index contributed by atoms with van der Waals surface area (Å²) >= 11 is 6.16. The zero-order chi connectivity index (χ0) is 23.8. The maximum absolute atomic E-state index is 13.1. The van der Waals surface area contributed by atoms with Gasteiger partial charge >= 0.3 is 6.18 Å². The van der Waals surface area contributed by atoms with Gasteiger partial charge in [-0.05, 0) is 31.0 Å². The molecule has 1 aromatic carbocycles. The van der Waals surface area contributed by atoms with Crippen molar-refractivity contribution in [3.63, 3.8) is 0 Å². The van der Waals surface area contributed by atoms with Crippen molar-refractivity contribution in [1.29, 1.82) is 0 Å². The molecule has 4 rings (SSSR count). The van der Waals surface area contributed by atoms with Crippen LogP contribution in [0.15, 0.2) is 24.3 Å². The maximum Gasteiger partial charge on any atom is 0.453 e. The Labute approximate surface area is 191 Å². The zero-order valence-corrected chi connectivity index (χ0v) is 18.4. The number of carbonyl (C=O) groups excluding carboxylic acids is 1. The van der Waals surface area contributed by atoms with Crippen LogP contribution in [0.5, 0.6) is 11.5 Å². The van der Waals surface area contributed by atoms with E-state index in [0.29, 0.717) is 58.5 Å². The Hall–Kier alpha value is -3.28. The number of anilines is 2. The molecule has 1 saturated heterocycles. The summed E-state index contributed by atoms with van der Waals surface area (Å²) in [6, 6.07) is 6.17. The normalized spacial score (nSPS) is 15.0. The number of benzene rings is 1. The van der Waals surface area contributed by atoms with Crippen molar-refractivity contribution in [2.45, 2.75) is 19.0 Å². The molecule has 3 heterocycles. The number of nitrogens with zero attached hydrogens (tertiary/aromatic N) is 5. The number of hydrogen-bond donors (Lipinski definition) is 1. The van der Waals surface area contributed by atoms with Gasteiger partial charge in [0.05, 0.1) is 24.9 Å². The number of ether oxygens (including phenoxy) is 2. The van der Waals surface area contributed by atoms with Gasteiger partial charge in [-0.15, -0.1) is 15.3 Å². The van der Waals surface area contributed by atoms with Gasteiger partial charge in [0.1, 0.15) is 17.3 Å². The molecule has 0 spiro atoms. The van der Waals surface area contributed by atoms with Crippen molar-refractivity contribution < 1.29 is 27.4 Å². The molecule has 0 saturated carbocycles. The van der Waals surface area contributed by atoms with E-state index >= 15 is 0 Å². The molecular formula is C20H20ClF3N6O3. The summed E-state index contributed by atoms with van der Waals surface area (Å²) in [7, 11) is 2.95. The Morgan fingerprint density at radius 2 is 1.82 bits per heavy atom. The second-order valence-corrected chi connectivity index (χ2v) is 7.83. The highest BCUT2D eigenvalue weighted by atomic mass is 35.5. The van der Waals surface area contributed by atoms with Crippen molar-refractivity contribution in [3.8, 4) is 11.5 Å². The first-order chi connectivity index (χ1) is 15.7. The molecule has 1 aliphatic heterocycles. The molecule has 1 N–H and O–H groups in total. The molecular weight excluding hydrogens is 465 g/mol. The minimum absolute atomic E-state index is 0.00689. The van der Waals surface area contributed by atoms with Crippen molar-refractivity contribution in [2.75, 3.05) is 37.5 Å². The molecule has 1 fully saturated rings. The third kappa shape index (κ3) is 4.61. The highest BCUT2D eigenvalue weighted by Crippen LogP contribution is 2.36. The maximum atomic E-state index is 13.1. The van der Waals surface area contributed by atoms with Crippen LogP contribution in [0, 0.1) is 5.92 Å². The largest absolute Gasteiger partial charge is 0.495 e. The number of halogens is 4. The van der Waals surface area contributed by atoms with E-state index in [1.54, 1.807) is 18.2 Å². The molecule has 0 atom stereocenters. The van der Waals surface area contributed by atoms with Crippen LogP contribution in [0.2, 0.25) is 5.02 Å². The lowest BCUT2D eigenvalue weighted by Gasteiger charge is -2.32. The molecule has 33 heavy (non-hydrogen) atoms. The minimum Gasteiger partial charge on any atom is -0.495 e. The number of aromatic nitrogens is 4.